The van der Waals surface area contributed by atoms with Crippen molar-refractivity contribution in [3.63, 3.8) is 0 Å². The number of rotatable bonds is 6. The molecular weight excluding hydrogens is 548 g/mol. The number of aromatic nitrogens is 4. The number of aliphatic hydroxyl groups is 1. The minimum absolute atomic E-state index is 0.0284. The van der Waals surface area contributed by atoms with Gasteiger partial charge in [-0.25, -0.2) is 18.9 Å². The molecule has 3 aromatic heterocycles. The van der Waals surface area contributed by atoms with Gasteiger partial charge in [0.25, 0.3) is 5.91 Å². The Morgan fingerprint density at radius 3 is 2.46 bits per heavy atom. The molecule has 0 fully saturated rings. The average molecular weight is 573 g/mol. The van der Waals surface area contributed by atoms with Gasteiger partial charge in [-0.15, -0.1) is 0 Å². The van der Waals surface area contributed by atoms with Crippen LogP contribution in [0.25, 0.3) is 16.9 Å². The first kappa shape index (κ1) is 28.0. The molecule has 5 rings (SSSR count). The van der Waals surface area contributed by atoms with E-state index in [0.29, 0.717) is 17.0 Å². The summed E-state index contributed by atoms with van der Waals surface area (Å²) in [7, 11) is 0. The molecule has 0 bridgehead atoms. The number of amides is 2. The van der Waals surface area contributed by atoms with Gasteiger partial charge in [-0.2, -0.15) is 18.3 Å². The first-order valence-corrected chi connectivity index (χ1v) is 12.3. The lowest BCUT2D eigenvalue weighted by Gasteiger charge is -2.31. The van der Waals surface area contributed by atoms with Gasteiger partial charge in [0.1, 0.15) is 35.0 Å². The Bertz CT molecular complexity index is 1700. The van der Waals surface area contributed by atoms with E-state index in [2.05, 4.69) is 20.4 Å². The van der Waals surface area contributed by atoms with Gasteiger partial charge < -0.3 is 20.9 Å². The number of carbonyl (C=O) groups excluding carboxylic acids is 2. The highest BCUT2D eigenvalue weighted by molar-refractivity contribution is 5.93. The lowest BCUT2D eigenvalue weighted by atomic mass is 9.81. The zero-order chi connectivity index (χ0) is 29.9. The third-order valence-electron chi connectivity index (χ3n) is 7.09. The zero-order valence-corrected chi connectivity index (χ0v) is 22.0. The van der Waals surface area contributed by atoms with Gasteiger partial charge in [-0.3, -0.25) is 9.59 Å². The van der Waals surface area contributed by atoms with Crippen LogP contribution in [0.5, 0.6) is 5.75 Å². The van der Waals surface area contributed by atoms with Gasteiger partial charge in [-0.1, -0.05) is 0 Å². The van der Waals surface area contributed by atoms with Crippen LogP contribution in [0.4, 0.5) is 17.6 Å². The Labute approximate surface area is 230 Å². The standard InChI is InChI=1S/C27H24F4N6O4/c1-13-8-20-34-18(9-14(2)37(20)36-13)23(38)33-11-26(40,27(29,30)31)19-10-17-22(41-12-25(17,3)24(32)39)21(35-19)15-4-6-16(28)7-5-15/h4-10,40H,11-12H2,1-3H3,(H2,32,39)(H,33,38)/t25-,26?/m0/s1. The van der Waals surface area contributed by atoms with Gasteiger partial charge >= 0.3 is 6.18 Å². The first-order chi connectivity index (χ1) is 19.1. The SMILES string of the molecule is Cc1cc2nc(C(=O)NCC(O)(c3cc4c(c(-c5ccc(F)cc5)n3)OC[C@]4(C)C(N)=O)C(F)(F)F)cc(C)n2n1. The number of hydrogen-bond donors (Lipinski definition) is 3. The van der Waals surface area contributed by atoms with Crippen LogP contribution in [-0.4, -0.2) is 55.8 Å². The van der Waals surface area contributed by atoms with Crippen molar-refractivity contribution in [2.45, 2.75) is 38.0 Å². The summed E-state index contributed by atoms with van der Waals surface area (Å²) in [5.74, 6) is -2.50. The van der Waals surface area contributed by atoms with Gasteiger partial charge in [0.05, 0.1) is 17.9 Å². The number of carbonyl (C=O) groups is 2. The van der Waals surface area contributed by atoms with E-state index in [0.717, 1.165) is 18.2 Å². The molecule has 1 aliphatic rings. The highest BCUT2D eigenvalue weighted by Gasteiger charge is 2.57. The molecule has 2 amide bonds. The smallest absolute Gasteiger partial charge is 0.424 e. The predicted molar refractivity (Wildman–Crippen MR) is 136 cm³/mol. The van der Waals surface area contributed by atoms with E-state index in [1.165, 1.54) is 29.6 Å². The molecule has 4 aromatic rings. The quantitative estimate of drug-likeness (QED) is 0.301. The van der Waals surface area contributed by atoms with Crippen molar-refractivity contribution in [3.05, 3.63) is 76.6 Å². The minimum Gasteiger partial charge on any atom is -0.489 e. The van der Waals surface area contributed by atoms with E-state index in [4.69, 9.17) is 10.5 Å². The summed E-state index contributed by atoms with van der Waals surface area (Å²) < 4.78 is 64.4. The number of benzene rings is 1. The molecule has 0 aliphatic carbocycles. The maximum Gasteiger partial charge on any atom is 0.424 e. The van der Waals surface area contributed by atoms with Crippen molar-refractivity contribution in [2.24, 2.45) is 5.73 Å². The Morgan fingerprint density at radius 2 is 1.83 bits per heavy atom. The lowest BCUT2D eigenvalue weighted by molar-refractivity contribution is -0.265. The largest absolute Gasteiger partial charge is 0.489 e. The number of nitrogens with zero attached hydrogens (tertiary/aromatic N) is 4. The summed E-state index contributed by atoms with van der Waals surface area (Å²) in [6, 6.07) is 8.51. The Hall–Kier alpha value is -4.59. The average Bonchev–Trinajstić information content (AvgIpc) is 3.46. The number of aryl methyl sites for hydroxylation is 2. The summed E-state index contributed by atoms with van der Waals surface area (Å²) in [5.41, 5.74) is 0.573. The summed E-state index contributed by atoms with van der Waals surface area (Å²) in [6.45, 7) is 3.11. The molecule has 4 N–H and O–H groups in total. The van der Waals surface area contributed by atoms with Crippen molar-refractivity contribution in [1.29, 1.82) is 0 Å². The molecule has 0 radical (unpaired) electrons. The summed E-state index contributed by atoms with van der Waals surface area (Å²) in [6.07, 6.45) is -5.35. The molecule has 1 aromatic carbocycles. The van der Waals surface area contributed by atoms with Crippen LogP contribution in [0.15, 0.2) is 42.5 Å². The van der Waals surface area contributed by atoms with Crippen LogP contribution in [-0.2, 0) is 15.8 Å². The van der Waals surface area contributed by atoms with Gasteiger partial charge in [-0.05, 0) is 57.2 Å². The van der Waals surface area contributed by atoms with Gasteiger partial charge in [0.2, 0.25) is 11.5 Å². The number of alkyl halides is 3. The first-order valence-electron chi connectivity index (χ1n) is 12.3. The Balaban J connectivity index is 1.59. The maximum atomic E-state index is 14.6. The van der Waals surface area contributed by atoms with Crippen molar-refractivity contribution in [1.82, 2.24) is 24.9 Å². The Morgan fingerprint density at radius 1 is 1.15 bits per heavy atom. The molecular formula is C27H24F4N6O4. The molecule has 4 heterocycles. The second kappa shape index (κ2) is 9.51. The van der Waals surface area contributed by atoms with Gasteiger partial charge in [0, 0.05) is 22.9 Å². The third-order valence-corrected chi connectivity index (χ3v) is 7.09. The molecule has 1 unspecified atom stereocenters. The van der Waals surface area contributed by atoms with E-state index >= 15 is 0 Å². The molecule has 1 aliphatic heterocycles. The lowest BCUT2D eigenvalue weighted by Crippen LogP contribution is -2.52. The van der Waals surface area contributed by atoms with E-state index in [9.17, 15) is 32.3 Å². The predicted octanol–water partition coefficient (Wildman–Crippen LogP) is 2.86. The third kappa shape index (κ3) is 4.63. The molecule has 10 nitrogen and oxygen atoms in total. The fraction of sp³-hybridized carbons (Fsp3) is 0.296. The maximum absolute atomic E-state index is 14.6. The molecule has 0 spiro atoms. The number of halogens is 4. The molecule has 2 atom stereocenters. The number of pyridine rings is 1. The van der Waals surface area contributed by atoms with Crippen LogP contribution in [0, 0.1) is 19.7 Å². The summed E-state index contributed by atoms with van der Waals surface area (Å²) in [4.78, 5) is 33.5. The number of ether oxygens (including phenoxy) is 1. The molecule has 0 saturated heterocycles. The molecule has 14 heteroatoms. The van der Waals surface area contributed by atoms with Crippen LogP contribution in [0.1, 0.15) is 40.1 Å². The van der Waals surface area contributed by atoms with Crippen molar-refractivity contribution in [2.75, 3.05) is 13.2 Å². The minimum atomic E-state index is -5.35. The topological polar surface area (TPSA) is 145 Å². The number of nitrogens with one attached hydrogen (secondary N) is 1. The second-order valence-corrected chi connectivity index (χ2v) is 10.1. The van der Waals surface area contributed by atoms with Crippen molar-refractivity contribution < 1.29 is 37.0 Å². The normalized spacial score (nSPS) is 18.0. The van der Waals surface area contributed by atoms with E-state index in [-0.39, 0.29) is 34.9 Å². The molecule has 214 valence electrons. The zero-order valence-electron chi connectivity index (χ0n) is 22.0. The number of fused-ring (bicyclic) bond motifs is 2. The van der Waals surface area contributed by atoms with Gasteiger partial charge in [0.15, 0.2) is 5.65 Å². The Kier molecular flexibility index (Phi) is 6.48. The number of hydrogen-bond acceptors (Lipinski definition) is 7. The highest BCUT2D eigenvalue weighted by atomic mass is 19.4. The highest BCUT2D eigenvalue weighted by Crippen LogP contribution is 2.47. The van der Waals surface area contributed by atoms with Crippen molar-refractivity contribution >= 4 is 17.5 Å². The number of nitrogens with two attached hydrogens (primary N) is 1. The number of primary amides is 1. The monoisotopic (exact) mass is 572 g/mol. The van der Waals surface area contributed by atoms with Crippen LogP contribution in [0.2, 0.25) is 0 Å². The molecule has 0 saturated carbocycles. The van der Waals surface area contributed by atoms with E-state index in [1.54, 1.807) is 19.9 Å². The van der Waals surface area contributed by atoms with E-state index in [1.807, 2.05) is 0 Å². The fourth-order valence-electron chi connectivity index (χ4n) is 4.59. The van der Waals surface area contributed by atoms with Crippen LogP contribution < -0.4 is 15.8 Å². The van der Waals surface area contributed by atoms with Crippen LogP contribution in [0.3, 0.4) is 0 Å². The summed E-state index contributed by atoms with van der Waals surface area (Å²) >= 11 is 0. The fourth-order valence-corrected chi connectivity index (χ4v) is 4.59. The van der Waals surface area contributed by atoms with Crippen molar-refractivity contribution in [3.8, 4) is 17.0 Å². The molecule has 41 heavy (non-hydrogen) atoms. The van der Waals surface area contributed by atoms with Crippen LogP contribution >= 0.6 is 0 Å². The van der Waals surface area contributed by atoms with E-state index < -0.39 is 47.1 Å². The second-order valence-electron chi connectivity index (χ2n) is 10.1. The summed E-state index contributed by atoms with van der Waals surface area (Å²) in [5, 5.41) is 17.5.